The van der Waals surface area contributed by atoms with Crippen molar-refractivity contribution in [1.29, 1.82) is 0 Å². The van der Waals surface area contributed by atoms with Gasteiger partial charge in [-0.1, -0.05) is 36.4 Å². The highest BCUT2D eigenvalue weighted by Gasteiger charge is 2.25. The molecule has 0 spiro atoms. The Morgan fingerprint density at radius 2 is 1.68 bits per heavy atom. The Bertz CT molecular complexity index is 939. The molecule has 1 N–H and O–H groups in total. The lowest BCUT2D eigenvalue weighted by atomic mass is 10.1. The number of carbonyl (C=O) groups is 3. The SMILES string of the molecule is O=C(CN1CCN(C(=O)c2cccc(N3CCCC3=O)c2)CC1)NCc1ccccc1. The van der Waals surface area contributed by atoms with Gasteiger partial charge in [0.15, 0.2) is 0 Å². The lowest BCUT2D eigenvalue weighted by Gasteiger charge is -2.34. The van der Waals surface area contributed by atoms with Crippen molar-refractivity contribution >= 4 is 23.4 Å². The van der Waals surface area contributed by atoms with Crippen LogP contribution in [0.4, 0.5) is 5.69 Å². The number of piperazine rings is 1. The Labute approximate surface area is 182 Å². The van der Waals surface area contributed by atoms with Crippen LogP contribution in [0.1, 0.15) is 28.8 Å². The minimum absolute atomic E-state index is 0.00777. The van der Waals surface area contributed by atoms with Crippen molar-refractivity contribution in [3.05, 3.63) is 65.7 Å². The monoisotopic (exact) mass is 420 g/mol. The molecule has 7 nitrogen and oxygen atoms in total. The highest BCUT2D eigenvalue weighted by molar-refractivity contribution is 5.99. The Hall–Kier alpha value is -3.19. The maximum absolute atomic E-state index is 13.0. The first-order valence-corrected chi connectivity index (χ1v) is 10.8. The fraction of sp³-hybridized carbons (Fsp3) is 0.375. The highest BCUT2D eigenvalue weighted by Crippen LogP contribution is 2.23. The number of amides is 3. The van der Waals surface area contributed by atoms with Gasteiger partial charge in [0, 0.05) is 56.9 Å². The molecular formula is C24H28N4O3. The highest BCUT2D eigenvalue weighted by atomic mass is 16.2. The number of nitrogens with zero attached hydrogens (tertiary/aromatic N) is 3. The van der Waals surface area contributed by atoms with Gasteiger partial charge in [0.25, 0.3) is 5.91 Å². The van der Waals surface area contributed by atoms with Crippen LogP contribution in [0.5, 0.6) is 0 Å². The summed E-state index contributed by atoms with van der Waals surface area (Å²) in [6.07, 6.45) is 1.43. The van der Waals surface area contributed by atoms with Gasteiger partial charge in [-0.15, -0.1) is 0 Å². The summed E-state index contributed by atoms with van der Waals surface area (Å²) in [7, 11) is 0. The zero-order valence-electron chi connectivity index (χ0n) is 17.6. The quantitative estimate of drug-likeness (QED) is 0.775. The van der Waals surface area contributed by atoms with Gasteiger partial charge in [-0.25, -0.2) is 0 Å². The number of anilines is 1. The molecule has 3 amide bonds. The van der Waals surface area contributed by atoms with Crippen LogP contribution in [0.25, 0.3) is 0 Å². The van der Waals surface area contributed by atoms with Crippen LogP contribution in [0.2, 0.25) is 0 Å². The molecule has 2 fully saturated rings. The van der Waals surface area contributed by atoms with E-state index in [1.54, 1.807) is 11.0 Å². The third-order valence-electron chi connectivity index (χ3n) is 5.84. The van der Waals surface area contributed by atoms with E-state index in [0.717, 1.165) is 17.7 Å². The zero-order valence-corrected chi connectivity index (χ0v) is 17.6. The molecule has 0 atom stereocenters. The van der Waals surface area contributed by atoms with Crippen molar-refractivity contribution in [2.45, 2.75) is 19.4 Å². The van der Waals surface area contributed by atoms with E-state index >= 15 is 0 Å². The summed E-state index contributed by atoms with van der Waals surface area (Å²) < 4.78 is 0. The average Bonchev–Trinajstić information content (AvgIpc) is 3.24. The third kappa shape index (κ3) is 5.30. The van der Waals surface area contributed by atoms with Gasteiger partial charge < -0.3 is 15.1 Å². The zero-order chi connectivity index (χ0) is 21.6. The van der Waals surface area contributed by atoms with E-state index in [-0.39, 0.29) is 17.7 Å². The molecule has 0 radical (unpaired) electrons. The summed E-state index contributed by atoms with van der Waals surface area (Å²) in [6, 6.07) is 17.2. The summed E-state index contributed by atoms with van der Waals surface area (Å²) in [5, 5.41) is 2.95. The Kier molecular flexibility index (Phi) is 6.62. The van der Waals surface area contributed by atoms with Crippen molar-refractivity contribution in [1.82, 2.24) is 15.1 Å². The summed E-state index contributed by atoms with van der Waals surface area (Å²) in [4.78, 5) is 42.9. The molecule has 2 aromatic carbocycles. The number of carbonyl (C=O) groups excluding carboxylic acids is 3. The number of hydrogen-bond acceptors (Lipinski definition) is 4. The van der Waals surface area contributed by atoms with Gasteiger partial charge in [-0.2, -0.15) is 0 Å². The van der Waals surface area contributed by atoms with E-state index in [4.69, 9.17) is 0 Å². The normalized spacial score (nSPS) is 17.1. The predicted molar refractivity (Wildman–Crippen MR) is 119 cm³/mol. The molecule has 2 heterocycles. The lowest BCUT2D eigenvalue weighted by molar-refractivity contribution is -0.122. The van der Waals surface area contributed by atoms with Gasteiger partial charge in [0.1, 0.15) is 0 Å². The maximum Gasteiger partial charge on any atom is 0.254 e. The van der Waals surface area contributed by atoms with Crippen molar-refractivity contribution in [2.75, 3.05) is 44.2 Å². The second-order valence-corrected chi connectivity index (χ2v) is 8.03. The molecule has 2 aromatic rings. The number of benzene rings is 2. The molecule has 0 aliphatic carbocycles. The first-order valence-electron chi connectivity index (χ1n) is 10.8. The molecule has 4 rings (SSSR count). The molecule has 0 bridgehead atoms. The van der Waals surface area contributed by atoms with Gasteiger partial charge in [-0.3, -0.25) is 19.3 Å². The van der Waals surface area contributed by atoms with Crippen LogP contribution in [0, 0.1) is 0 Å². The molecule has 2 aliphatic rings. The number of nitrogens with one attached hydrogen (secondary N) is 1. The summed E-state index contributed by atoms with van der Waals surface area (Å²) in [6.45, 7) is 4.05. The third-order valence-corrected chi connectivity index (χ3v) is 5.84. The van der Waals surface area contributed by atoms with Gasteiger partial charge >= 0.3 is 0 Å². The van der Waals surface area contributed by atoms with E-state index in [2.05, 4.69) is 10.2 Å². The number of rotatable bonds is 6. The Morgan fingerprint density at radius 1 is 0.903 bits per heavy atom. The molecule has 0 aromatic heterocycles. The molecule has 2 aliphatic heterocycles. The Balaban J connectivity index is 1.26. The fourth-order valence-corrected chi connectivity index (χ4v) is 4.08. The van der Waals surface area contributed by atoms with Crippen LogP contribution < -0.4 is 10.2 Å². The molecular weight excluding hydrogens is 392 g/mol. The van der Waals surface area contributed by atoms with Crippen LogP contribution >= 0.6 is 0 Å². The van der Waals surface area contributed by atoms with E-state index in [1.165, 1.54) is 0 Å². The van der Waals surface area contributed by atoms with E-state index < -0.39 is 0 Å². The maximum atomic E-state index is 13.0. The topological polar surface area (TPSA) is 73.0 Å². The molecule has 2 saturated heterocycles. The predicted octanol–water partition coefficient (Wildman–Crippen LogP) is 1.89. The minimum Gasteiger partial charge on any atom is -0.351 e. The molecule has 0 unspecified atom stereocenters. The van der Waals surface area contributed by atoms with Crippen molar-refractivity contribution < 1.29 is 14.4 Å². The molecule has 0 saturated carbocycles. The van der Waals surface area contributed by atoms with Crippen LogP contribution in [0.3, 0.4) is 0 Å². The van der Waals surface area contributed by atoms with Gasteiger partial charge in [0.05, 0.1) is 6.54 Å². The van der Waals surface area contributed by atoms with Crippen LogP contribution in [-0.4, -0.2) is 66.8 Å². The van der Waals surface area contributed by atoms with Crippen molar-refractivity contribution in [2.24, 2.45) is 0 Å². The van der Waals surface area contributed by atoms with Crippen LogP contribution in [-0.2, 0) is 16.1 Å². The van der Waals surface area contributed by atoms with Crippen molar-refractivity contribution in [3.8, 4) is 0 Å². The van der Waals surface area contributed by atoms with E-state index in [1.807, 2.05) is 53.4 Å². The summed E-state index contributed by atoms with van der Waals surface area (Å²) in [5.74, 6) is 0.0806. The van der Waals surface area contributed by atoms with Crippen molar-refractivity contribution in [3.63, 3.8) is 0 Å². The Morgan fingerprint density at radius 3 is 2.39 bits per heavy atom. The van der Waals surface area contributed by atoms with E-state index in [9.17, 15) is 14.4 Å². The van der Waals surface area contributed by atoms with Gasteiger partial charge in [-0.05, 0) is 30.2 Å². The first kappa shape index (κ1) is 21.1. The second-order valence-electron chi connectivity index (χ2n) is 8.03. The molecule has 31 heavy (non-hydrogen) atoms. The smallest absolute Gasteiger partial charge is 0.254 e. The number of hydrogen-bond donors (Lipinski definition) is 1. The summed E-state index contributed by atoms with van der Waals surface area (Å²) >= 11 is 0. The average molecular weight is 421 g/mol. The largest absolute Gasteiger partial charge is 0.351 e. The first-order chi connectivity index (χ1) is 15.1. The molecule has 7 heteroatoms. The van der Waals surface area contributed by atoms with Crippen LogP contribution in [0.15, 0.2) is 54.6 Å². The second kappa shape index (κ2) is 9.75. The fourth-order valence-electron chi connectivity index (χ4n) is 4.08. The van der Waals surface area contributed by atoms with Gasteiger partial charge in [0.2, 0.25) is 11.8 Å². The van der Waals surface area contributed by atoms with E-state index in [0.29, 0.717) is 57.8 Å². The molecule has 162 valence electrons. The minimum atomic E-state index is -0.0262. The lowest BCUT2D eigenvalue weighted by Crippen LogP contribution is -2.51. The summed E-state index contributed by atoms with van der Waals surface area (Å²) in [5.41, 5.74) is 2.47. The standard InChI is InChI=1S/C24H28N4O3/c29-22(25-17-19-6-2-1-3-7-19)18-26-12-14-27(15-13-26)24(31)20-8-4-9-21(16-20)28-11-5-10-23(28)30/h1-4,6-9,16H,5,10-15,17-18H2,(H,25,29).